The molecular formula is C17H24FN3O3S2. The summed E-state index contributed by atoms with van der Waals surface area (Å²) in [5, 5.41) is 5.33. The van der Waals surface area contributed by atoms with Crippen LogP contribution >= 0.6 is 11.3 Å². The largest absolute Gasteiger partial charge is 0.274 e. The molecule has 1 aliphatic rings. The van der Waals surface area contributed by atoms with Gasteiger partial charge in [0.25, 0.3) is 5.91 Å². The van der Waals surface area contributed by atoms with Gasteiger partial charge in [-0.3, -0.25) is 9.48 Å². The van der Waals surface area contributed by atoms with Gasteiger partial charge in [-0.15, -0.1) is 11.3 Å². The summed E-state index contributed by atoms with van der Waals surface area (Å²) >= 11 is 1.22. The first-order valence-electron chi connectivity index (χ1n) is 8.81. The summed E-state index contributed by atoms with van der Waals surface area (Å²) in [7, 11) is -1.99. The normalized spacial score (nSPS) is 21.4. The minimum atomic E-state index is -3.79. The summed E-state index contributed by atoms with van der Waals surface area (Å²) in [6.07, 6.45) is 1.18. The Kier molecular flexibility index (Phi) is 5.39. The third kappa shape index (κ3) is 4.09. The Hall–Kier alpha value is -1.48. The van der Waals surface area contributed by atoms with Crippen molar-refractivity contribution >= 4 is 37.5 Å². The molecule has 6 nitrogen and oxygen atoms in total. The highest BCUT2D eigenvalue weighted by molar-refractivity contribution is 7.90. The molecule has 9 heteroatoms. The molecule has 2 aromatic rings. The minimum absolute atomic E-state index is 0.202. The van der Waals surface area contributed by atoms with Crippen molar-refractivity contribution in [1.82, 2.24) is 14.5 Å². The van der Waals surface area contributed by atoms with E-state index in [0.717, 1.165) is 15.9 Å². The molecule has 2 atom stereocenters. The minimum Gasteiger partial charge on any atom is -0.267 e. The van der Waals surface area contributed by atoms with Crippen LogP contribution in [-0.2, 0) is 17.1 Å². The molecule has 2 aromatic heterocycles. The SMILES string of the molecule is CC(C)c1nn(C)c2sc(C(=O)NS(=O)(=O)CC3CCCC(F)C3)cc12. The number of carbonyl (C=O) groups is 1. The summed E-state index contributed by atoms with van der Waals surface area (Å²) in [6, 6.07) is 1.70. The zero-order valence-corrected chi connectivity index (χ0v) is 16.8. The first-order valence-corrected chi connectivity index (χ1v) is 11.3. The first kappa shape index (κ1) is 19.3. The number of hydrogen-bond donors (Lipinski definition) is 1. The molecule has 2 unspecified atom stereocenters. The number of sulfonamides is 1. The van der Waals surface area contributed by atoms with Crippen LogP contribution in [0.5, 0.6) is 0 Å². The summed E-state index contributed by atoms with van der Waals surface area (Å²) in [6.45, 7) is 4.04. The van der Waals surface area contributed by atoms with E-state index >= 15 is 0 Å². The van der Waals surface area contributed by atoms with Gasteiger partial charge in [0.2, 0.25) is 10.0 Å². The second kappa shape index (κ2) is 7.26. The standard InChI is InChI=1S/C17H24FN3O3S2/c1-10(2)15-13-8-14(25-17(13)21(3)19-15)16(22)20-26(23,24)9-11-5-4-6-12(18)7-11/h8,10-12H,4-7,9H2,1-3H3,(H,20,22). The third-order valence-electron chi connectivity index (χ3n) is 4.73. The van der Waals surface area contributed by atoms with E-state index in [2.05, 4.69) is 9.82 Å². The van der Waals surface area contributed by atoms with Crippen molar-refractivity contribution in [3.05, 3.63) is 16.6 Å². The number of aryl methyl sites for hydroxylation is 1. The molecule has 0 aliphatic heterocycles. The molecule has 0 bridgehead atoms. The Morgan fingerprint density at radius 2 is 2.19 bits per heavy atom. The van der Waals surface area contributed by atoms with Crippen LogP contribution in [0, 0.1) is 5.92 Å². The monoisotopic (exact) mass is 401 g/mol. The second-order valence-electron chi connectivity index (χ2n) is 7.34. The van der Waals surface area contributed by atoms with Crippen molar-refractivity contribution in [2.24, 2.45) is 13.0 Å². The van der Waals surface area contributed by atoms with Crippen LogP contribution in [-0.4, -0.2) is 36.0 Å². The van der Waals surface area contributed by atoms with Crippen LogP contribution in [0.3, 0.4) is 0 Å². The van der Waals surface area contributed by atoms with Crippen LogP contribution in [0.4, 0.5) is 4.39 Å². The maximum Gasteiger partial charge on any atom is 0.274 e. The molecule has 3 rings (SSSR count). The molecule has 26 heavy (non-hydrogen) atoms. The molecule has 1 N–H and O–H groups in total. The van der Waals surface area contributed by atoms with Crippen LogP contribution < -0.4 is 4.72 Å². The third-order valence-corrected chi connectivity index (χ3v) is 7.34. The van der Waals surface area contributed by atoms with E-state index in [1.54, 1.807) is 17.8 Å². The number of alkyl halides is 1. The van der Waals surface area contributed by atoms with Crippen LogP contribution in [0.1, 0.15) is 60.8 Å². The van der Waals surface area contributed by atoms with Crippen molar-refractivity contribution in [2.75, 3.05) is 5.75 Å². The quantitative estimate of drug-likeness (QED) is 0.833. The van der Waals surface area contributed by atoms with Gasteiger partial charge in [-0.2, -0.15) is 5.10 Å². The van der Waals surface area contributed by atoms with E-state index in [-0.39, 0.29) is 24.0 Å². The molecule has 144 valence electrons. The van der Waals surface area contributed by atoms with E-state index in [9.17, 15) is 17.6 Å². The van der Waals surface area contributed by atoms with E-state index in [4.69, 9.17) is 0 Å². The number of rotatable bonds is 5. The number of amides is 1. The maximum atomic E-state index is 13.5. The van der Waals surface area contributed by atoms with Crippen molar-refractivity contribution in [1.29, 1.82) is 0 Å². The van der Waals surface area contributed by atoms with Gasteiger partial charge in [-0.1, -0.05) is 20.3 Å². The van der Waals surface area contributed by atoms with E-state index in [1.807, 2.05) is 13.8 Å². The van der Waals surface area contributed by atoms with Crippen molar-refractivity contribution < 1.29 is 17.6 Å². The number of fused-ring (bicyclic) bond motifs is 1. The Morgan fingerprint density at radius 1 is 1.46 bits per heavy atom. The van der Waals surface area contributed by atoms with Gasteiger partial charge in [-0.25, -0.2) is 17.5 Å². The Labute approximate surface area is 156 Å². The van der Waals surface area contributed by atoms with Crippen LogP contribution in [0.15, 0.2) is 6.07 Å². The summed E-state index contributed by atoms with van der Waals surface area (Å²) in [5.41, 5.74) is 0.886. The number of nitrogens with one attached hydrogen (secondary N) is 1. The van der Waals surface area contributed by atoms with Gasteiger partial charge in [0.1, 0.15) is 11.0 Å². The fourth-order valence-electron chi connectivity index (χ4n) is 3.52. The number of carbonyl (C=O) groups excluding carboxylic acids is 1. The van der Waals surface area contributed by atoms with Crippen LogP contribution in [0.25, 0.3) is 10.2 Å². The fraction of sp³-hybridized carbons (Fsp3) is 0.647. The van der Waals surface area contributed by atoms with Crippen molar-refractivity contribution in [2.45, 2.75) is 51.6 Å². The second-order valence-corrected chi connectivity index (χ2v) is 10.1. The number of aromatic nitrogens is 2. The smallest absolute Gasteiger partial charge is 0.267 e. The maximum absolute atomic E-state index is 13.5. The zero-order chi connectivity index (χ0) is 19.1. The number of nitrogens with zero attached hydrogens (tertiary/aromatic N) is 2. The van der Waals surface area contributed by atoms with E-state index in [1.165, 1.54) is 11.3 Å². The first-order chi connectivity index (χ1) is 12.2. The predicted octanol–water partition coefficient (Wildman–Crippen LogP) is 3.35. The Morgan fingerprint density at radius 3 is 2.85 bits per heavy atom. The molecule has 0 aromatic carbocycles. The van der Waals surface area contributed by atoms with Gasteiger partial charge in [0.05, 0.1) is 16.3 Å². The Balaban J connectivity index is 1.75. The van der Waals surface area contributed by atoms with Gasteiger partial charge in [0, 0.05) is 12.4 Å². The molecule has 1 fully saturated rings. The molecule has 0 spiro atoms. The lowest BCUT2D eigenvalue weighted by atomic mass is 9.89. The zero-order valence-electron chi connectivity index (χ0n) is 15.2. The average molecular weight is 402 g/mol. The van der Waals surface area contributed by atoms with Crippen molar-refractivity contribution in [3.63, 3.8) is 0 Å². The molecule has 1 amide bonds. The molecule has 0 radical (unpaired) electrons. The lowest BCUT2D eigenvalue weighted by molar-refractivity contribution is 0.0985. The molecule has 1 aliphatic carbocycles. The van der Waals surface area contributed by atoms with Gasteiger partial charge >= 0.3 is 0 Å². The lowest BCUT2D eigenvalue weighted by Gasteiger charge is -2.24. The highest BCUT2D eigenvalue weighted by Gasteiger charge is 2.28. The molecule has 2 heterocycles. The molecular weight excluding hydrogens is 377 g/mol. The Bertz CT molecular complexity index is 917. The summed E-state index contributed by atoms with van der Waals surface area (Å²) < 4.78 is 42.0. The fourth-order valence-corrected chi connectivity index (χ4v) is 5.96. The number of halogens is 1. The van der Waals surface area contributed by atoms with Gasteiger partial charge < -0.3 is 0 Å². The van der Waals surface area contributed by atoms with Crippen molar-refractivity contribution in [3.8, 4) is 0 Å². The highest BCUT2D eigenvalue weighted by atomic mass is 32.2. The lowest BCUT2D eigenvalue weighted by Crippen LogP contribution is -2.35. The van der Waals surface area contributed by atoms with Crippen LogP contribution in [0.2, 0.25) is 0 Å². The highest BCUT2D eigenvalue weighted by Crippen LogP contribution is 2.32. The summed E-state index contributed by atoms with van der Waals surface area (Å²) in [5.74, 6) is -0.868. The molecule has 1 saturated carbocycles. The number of hydrogen-bond acceptors (Lipinski definition) is 5. The van der Waals surface area contributed by atoms with Gasteiger partial charge in [0.15, 0.2) is 0 Å². The van der Waals surface area contributed by atoms with E-state index < -0.39 is 22.1 Å². The average Bonchev–Trinajstić information content (AvgIpc) is 3.07. The predicted molar refractivity (Wildman–Crippen MR) is 101 cm³/mol. The molecule has 0 saturated heterocycles. The van der Waals surface area contributed by atoms with Gasteiger partial charge in [-0.05, 0) is 37.2 Å². The number of thiophene rings is 1. The topological polar surface area (TPSA) is 81.1 Å². The summed E-state index contributed by atoms with van der Waals surface area (Å²) in [4.78, 5) is 13.6. The van der Waals surface area contributed by atoms with E-state index in [0.29, 0.717) is 24.1 Å².